The summed E-state index contributed by atoms with van der Waals surface area (Å²) in [6.07, 6.45) is 0.121. The van der Waals surface area contributed by atoms with Gasteiger partial charge in [0.05, 0.1) is 11.7 Å². The third-order valence-corrected chi connectivity index (χ3v) is 3.24. The summed E-state index contributed by atoms with van der Waals surface area (Å²) in [7, 11) is 0. The Morgan fingerprint density at radius 1 is 1.27 bits per heavy atom. The number of pyridine rings is 1. The minimum absolute atomic E-state index is 0.121. The molecule has 114 valence electrons. The molecule has 0 radical (unpaired) electrons. The highest BCUT2D eigenvalue weighted by Crippen LogP contribution is 2.22. The van der Waals surface area contributed by atoms with E-state index in [2.05, 4.69) is 16.4 Å². The fourth-order valence-corrected chi connectivity index (χ4v) is 2.30. The van der Waals surface area contributed by atoms with Gasteiger partial charge in [-0.25, -0.2) is 4.98 Å². The third-order valence-electron chi connectivity index (χ3n) is 3.24. The number of hydrogen-bond acceptors (Lipinski definition) is 4. The number of nitrogens with one attached hydrogen (secondary N) is 1. The van der Waals surface area contributed by atoms with E-state index in [-0.39, 0.29) is 6.10 Å². The van der Waals surface area contributed by atoms with Crippen molar-refractivity contribution >= 4 is 5.82 Å². The van der Waals surface area contributed by atoms with Crippen molar-refractivity contribution in [2.24, 2.45) is 0 Å². The summed E-state index contributed by atoms with van der Waals surface area (Å²) in [5.74, 6) is 1.48. The summed E-state index contributed by atoms with van der Waals surface area (Å²) in [4.78, 5) is 4.44. The molecule has 0 unspecified atom stereocenters. The van der Waals surface area contributed by atoms with Gasteiger partial charge in [-0.2, -0.15) is 5.26 Å². The minimum Gasteiger partial charge on any atom is -0.491 e. The molecular weight excluding hydrogens is 274 g/mol. The molecule has 4 heteroatoms. The Labute approximate surface area is 131 Å². The number of hydrogen-bond donors (Lipinski definition) is 1. The lowest BCUT2D eigenvalue weighted by Crippen LogP contribution is -2.10. The molecule has 1 heterocycles. The molecule has 22 heavy (non-hydrogen) atoms. The van der Waals surface area contributed by atoms with Crippen molar-refractivity contribution in [1.29, 1.82) is 5.26 Å². The number of aromatic nitrogens is 1. The minimum atomic E-state index is 0.121. The van der Waals surface area contributed by atoms with Gasteiger partial charge >= 0.3 is 0 Å². The molecule has 0 amide bonds. The summed E-state index contributed by atoms with van der Waals surface area (Å²) in [5.41, 5.74) is 3.46. The van der Waals surface area contributed by atoms with Gasteiger partial charge in [0.25, 0.3) is 0 Å². The first-order valence-electron chi connectivity index (χ1n) is 7.38. The maximum Gasteiger partial charge on any atom is 0.144 e. The number of anilines is 1. The molecule has 0 fully saturated rings. The van der Waals surface area contributed by atoms with E-state index in [1.807, 2.05) is 58.0 Å². The number of rotatable bonds is 5. The smallest absolute Gasteiger partial charge is 0.144 e. The van der Waals surface area contributed by atoms with Crippen LogP contribution in [0.2, 0.25) is 0 Å². The van der Waals surface area contributed by atoms with Gasteiger partial charge in [0, 0.05) is 17.8 Å². The van der Waals surface area contributed by atoms with Crippen molar-refractivity contribution in [2.75, 3.05) is 5.32 Å². The molecule has 2 rings (SSSR count). The van der Waals surface area contributed by atoms with Crippen LogP contribution in [0.5, 0.6) is 5.75 Å². The van der Waals surface area contributed by atoms with Gasteiger partial charge in [0.1, 0.15) is 17.6 Å². The van der Waals surface area contributed by atoms with Gasteiger partial charge in [0.2, 0.25) is 0 Å². The van der Waals surface area contributed by atoms with E-state index >= 15 is 0 Å². The summed E-state index contributed by atoms with van der Waals surface area (Å²) in [6.45, 7) is 8.42. The van der Waals surface area contributed by atoms with Gasteiger partial charge < -0.3 is 10.1 Å². The quantitative estimate of drug-likeness (QED) is 0.906. The topological polar surface area (TPSA) is 57.9 Å². The van der Waals surface area contributed by atoms with Crippen molar-refractivity contribution in [3.8, 4) is 11.8 Å². The predicted molar refractivity (Wildman–Crippen MR) is 88.0 cm³/mol. The second-order valence-corrected chi connectivity index (χ2v) is 5.54. The monoisotopic (exact) mass is 295 g/mol. The molecule has 0 aliphatic heterocycles. The van der Waals surface area contributed by atoms with Crippen LogP contribution < -0.4 is 10.1 Å². The fraction of sp³-hybridized carbons (Fsp3) is 0.333. The number of nitrogens with zero attached hydrogens (tertiary/aromatic N) is 2. The van der Waals surface area contributed by atoms with Crippen LogP contribution in [-0.4, -0.2) is 11.1 Å². The Morgan fingerprint density at radius 2 is 2.00 bits per heavy atom. The molecule has 0 saturated carbocycles. The Kier molecular flexibility index (Phi) is 5.00. The molecular formula is C18H21N3O. The first-order valence-corrected chi connectivity index (χ1v) is 7.38. The second-order valence-electron chi connectivity index (χ2n) is 5.54. The Balaban J connectivity index is 2.23. The molecule has 1 N–H and O–H groups in total. The lowest BCUT2D eigenvalue weighted by Gasteiger charge is -2.15. The van der Waals surface area contributed by atoms with E-state index in [0.29, 0.717) is 17.9 Å². The summed E-state index contributed by atoms with van der Waals surface area (Å²) >= 11 is 0. The van der Waals surface area contributed by atoms with Crippen molar-refractivity contribution in [3.63, 3.8) is 0 Å². The number of nitriles is 1. The molecule has 4 nitrogen and oxygen atoms in total. The zero-order valence-electron chi connectivity index (χ0n) is 13.5. The van der Waals surface area contributed by atoms with Crippen molar-refractivity contribution in [1.82, 2.24) is 4.98 Å². The van der Waals surface area contributed by atoms with Crippen LogP contribution >= 0.6 is 0 Å². The molecule has 2 aromatic rings. The van der Waals surface area contributed by atoms with Crippen LogP contribution in [0.15, 0.2) is 30.3 Å². The maximum absolute atomic E-state index is 9.31. The van der Waals surface area contributed by atoms with Crippen LogP contribution in [0.1, 0.15) is 36.2 Å². The third kappa shape index (κ3) is 3.76. The normalized spacial score (nSPS) is 10.4. The summed E-state index contributed by atoms with van der Waals surface area (Å²) in [5, 5.41) is 12.6. The Hall–Kier alpha value is -2.54. The van der Waals surface area contributed by atoms with Crippen LogP contribution in [0.3, 0.4) is 0 Å². The summed E-state index contributed by atoms with van der Waals surface area (Å²) < 4.78 is 5.81. The van der Waals surface area contributed by atoms with Crippen molar-refractivity contribution in [2.45, 2.75) is 40.3 Å². The van der Waals surface area contributed by atoms with Gasteiger partial charge in [-0.1, -0.05) is 18.2 Å². The van der Waals surface area contributed by atoms with E-state index in [1.165, 1.54) is 0 Å². The van der Waals surface area contributed by atoms with E-state index in [1.54, 1.807) is 0 Å². The molecule has 0 saturated heterocycles. The highest BCUT2D eigenvalue weighted by Gasteiger charge is 2.10. The second kappa shape index (κ2) is 6.95. The zero-order valence-corrected chi connectivity index (χ0v) is 13.5. The highest BCUT2D eigenvalue weighted by atomic mass is 16.5. The molecule has 0 spiro atoms. The molecule has 0 atom stereocenters. The van der Waals surface area contributed by atoms with Crippen molar-refractivity contribution in [3.05, 3.63) is 52.7 Å². The average Bonchev–Trinajstić information content (AvgIpc) is 2.45. The van der Waals surface area contributed by atoms with E-state index in [4.69, 9.17) is 4.74 Å². The van der Waals surface area contributed by atoms with E-state index in [9.17, 15) is 5.26 Å². The molecule has 0 aliphatic carbocycles. The lowest BCUT2D eigenvalue weighted by molar-refractivity contribution is 0.240. The Morgan fingerprint density at radius 3 is 2.68 bits per heavy atom. The standard InChI is InChI=1S/C18H21N3O/c1-12(2)22-17-8-6-5-7-15(17)11-20-18-16(10-19)13(3)9-14(4)21-18/h5-9,12H,11H2,1-4H3,(H,20,21). The van der Waals surface area contributed by atoms with Crippen LogP contribution in [0.4, 0.5) is 5.82 Å². The maximum atomic E-state index is 9.31. The van der Waals surface area contributed by atoms with Gasteiger partial charge in [-0.05, 0) is 45.4 Å². The number of benzene rings is 1. The lowest BCUT2D eigenvalue weighted by atomic mass is 10.1. The van der Waals surface area contributed by atoms with Crippen LogP contribution in [0, 0.1) is 25.2 Å². The molecule has 1 aromatic carbocycles. The van der Waals surface area contributed by atoms with Gasteiger partial charge in [-0.3, -0.25) is 0 Å². The van der Waals surface area contributed by atoms with E-state index < -0.39 is 0 Å². The summed E-state index contributed by atoms with van der Waals surface area (Å²) in [6, 6.07) is 12.0. The van der Waals surface area contributed by atoms with Gasteiger partial charge in [0.15, 0.2) is 0 Å². The van der Waals surface area contributed by atoms with E-state index in [0.717, 1.165) is 22.6 Å². The van der Waals surface area contributed by atoms with Crippen molar-refractivity contribution < 1.29 is 4.74 Å². The SMILES string of the molecule is Cc1cc(C)c(C#N)c(NCc2ccccc2OC(C)C)n1. The predicted octanol–water partition coefficient (Wildman–Crippen LogP) is 3.97. The highest BCUT2D eigenvalue weighted by molar-refractivity contribution is 5.56. The first-order chi connectivity index (χ1) is 10.5. The number of aryl methyl sites for hydroxylation is 2. The zero-order chi connectivity index (χ0) is 16.1. The molecule has 0 bridgehead atoms. The first kappa shape index (κ1) is 15.8. The number of para-hydroxylation sites is 1. The largest absolute Gasteiger partial charge is 0.491 e. The average molecular weight is 295 g/mol. The molecule has 0 aliphatic rings. The number of ether oxygens (including phenoxy) is 1. The fourth-order valence-electron chi connectivity index (χ4n) is 2.30. The van der Waals surface area contributed by atoms with Crippen LogP contribution in [0.25, 0.3) is 0 Å². The van der Waals surface area contributed by atoms with Gasteiger partial charge in [-0.15, -0.1) is 0 Å². The Bertz CT molecular complexity index is 702. The van der Waals surface area contributed by atoms with Crippen LogP contribution in [-0.2, 0) is 6.54 Å². The molecule has 1 aromatic heterocycles.